The van der Waals surface area contributed by atoms with Crippen LogP contribution in [-0.4, -0.2) is 112 Å². The summed E-state index contributed by atoms with van der Waals surface area (Å²) in [6, 6.07) is 8.12. The van der Waals surface area contributed by atoms with E-state index in [-0.39, 0.29) is 12.2 Å². The van der Waals surface area contributed by atoms with E-state index in [0.717, 1.165) is 0 Å². The summed E-state index contributed by atoms with van der Waals surface area (Å²) in [4.78, 5) is 12.1. The molecule has 9 atom stereocenters. The molecule has 0 aromatic heterocycles. The second-order valence-electron chi connectivity index (χ2n) is 7.19. The van der Waals surface area contributed by atoms with E-state index < -0.39 is 74.3 Å². The zero-order valence-corrected chi connectivity index (χ0v) is 15.9. The lowest BCUT2D eigenvalue weighted by Crippen LogP contribution is -2.62. The third-order valence-corrected chi connectivity index (χ3v) is 5.13. The first-order valence-electron chi connectivity index (χ1n) is 9.49. The van der Waals surface area contributed by atoms with Gasteiger partial charge in [-0.3, -0.25) is 0 Å². The largest absolute Gasteiger partial charge is 0.459 e. The van der Waals surface area contributed by atoms with Crippen molar-refractivity contribution in [1.82, 2.24) is 0 Å². The zero-order chi connectivity index (χ0) is 21.8. The van der Waals surface area contributed by atoms with Gasteiger partial charge in [-0.25, -0.2) is 4.79 Å². The Morgan fingerprint density at radius 1 is 0.933 bits per heavy atom. The highest BCUT2D eigenvalue weighted by Gasteiger charge is 2.48. The van der Waals surface area contributed by atoms with E-state index in [1.165, 1.54) is 0 Å². The lowest BCUT2D eigenvalue weighted by atomic mass is 9.98. The van der Waals surface area contributed by atoms with E-state index in [1.54, 1.807) is 30.3 Å². The van der Waals surface area contributed by atoms with Gasteiger partial charge in [0.15, 0.2) is 6.29 Å². The summed E-state index contributed by atoms with van der Waals surface area (Å²) in [5.41, 5.74) is 0.283. The monoisotopic (exact) mass is 430 g/mol. The van der Waals surface area contributed by atoms with Crippen LogP contribution in [0.15, 0.2) is 30.3 Å². The van der Waals surface area contributed by atoms with Crippen LogP contribution in [0.5, 0.6) is 0 Å². The number of esters is 1. The van der Waals surface area contributed by atoms with Crippen LogP contribution in [-0.2, 0) is 18.9 Å². The predicted octanol–water partition coefficient (Wildman–Crippen LogP) is -2.85. The van der Waals surface area contributed by atoms with Crippen LogP contribution < -0.4 is 0 Å². The second kappa shape index (κ2) is 10.1. The molecule has 3 rings (SSSR count). The fourth-order valence-electron chi connectivity index (χ4n) is 3.29. The van der Waals surface area contributed by atoms with Crippen LogP contribution >= 0.6 is 0 Å². The molecule has 168 valence electrons. The molecule has 6 N–H and O–H groups in total. The number of aliphatic hydroxyl groups is 6. The van der Waals surface area contributed by atoms with Gasteiger partial charge in [-0.15, -0.1) is 0 Å². The van der Waals surface area contributed by atoms with Crippen molar-refractivity contribution in [2.24, 2.45) is 0 Å². The quantitative estimate of drug-likeness (QED) is 0.256. The molecule has 0 spiro atoms. The normalized spacial score (nSPS) is 39.5. The van der Waals surface area contributed by atoms with Crippen molar-refractivity contribution in [3.8, 4) is 0 Å². The molecular weight excluding hydrogens is 404 g/mol. The highest BCUT2D eigenvalue weighted by molar-refractivity contribution is 5.89. The molecule has 30 heavy (non-hydrogen) atoms. The summed E-state index contributed by atoms with van der Waals surface area (Å²) in [5, 5.41) is 59.6. The van der Waals surface area contributed by atoms with E-state index in [4.69, 9.17) is 24.1 Å². The Labute approximate surface area is 172 Å². The van der Waals surface area contributed by atoms with Gasteiger partial charge in [0.05, 0.1) is 18.8 Å². The lowest BCUT2D eigenvalue weighted by Gasteiger charge is -2.43. The van der Waals surface area contributed by atoms with E-state index in [9.17, 15) is 30.3 Å². The molecule has 0 bridgehead atoms. The zero-order valence-electron chi connectivity index (χ0n) is 15.9. The number of benzene rings is 1. The van der Waals surface area contributed by atoms with Gasteiger partial charge in [0, 0.05) is 0 Å². The molecule has 0 saturated carbocycles. The third-order valence-electron chi connectivity index (χ3n) is 5.13. The molecule has 2 fully saturated rings. The Balaban J connectivity index is 1.61. The van der Waals surface area contributed by atoms with Crippen LogP contribution in [0.1, 0.15) is 10.4 Å². The Morgan fingerprint density at radius 2 is 1.60 bits per heavy atom. The van der Waals surface area contributed by atoms with E-state index in [1.807, 2.05) is 0 Å². The minimum Gasteiger partial charge on any atom is -0.459 e. The van der Waals surface area contributed by atoms with Crippen molar-refractivity contribution >= 4 is 5.97 Å². The summed E-state index contributed by atoms with van der Waals surface area (Å²) >= 11 is 0. The molecule has 0 unspecified atom stereocenters. The van der Waals surface area contributed by atoms with Gasteiger partial charge < -0.3 is 49.6 Å². The Hall–Kier alpha value is -1.67. The highest BCUT2D eigenvalue weighted by Crippen LogP contribution is 2.26. The van der Waals surface area contributed by atoms with Gasteiger partial charge in [0.25, 0.3) is 0 Å². The SMILES string of the molecule is O=C(OC[C@H]1O[C@H](O[C@H]2CO[C@H](CO)[C@@H](O)[C@@H]2O)[C@H](O)[C@@H](O)[C@H]1O)c1ccccc1. The van der Waals surface area contributed by atoms with Crippen LogP contribution in [0.3, 0.4) is 0 Å². The maximum Gasteiger partial charge on any atom is 0.338 e. The minimum atomic E-state index is -1.68. The lowest BCUT2D eigenvalue weighted by molar-refractivity contribution is -0.331. The van der Waals surface area contributed by atoms with Crippen molar-refractivity contribution < 1.29 is 54.4 Å². The first kappa shape index (κ1) is 23.0. The fourth-order valence-corrected chi connectivity index (χ4v) is 3.29. The van der Waals surface area contributed by atoms with E-state index in [0.29, 0.717) is 0 Å². The van der Waals surface area contributed by atoms with Crippen LogP contribution in [0.4, 0.5) is 0 Å². The van der Waals surface area contributed by atoms with Gasteiger partial charge in [0.2, 0.25) is 0 Å². The van der Waals surface area contributed by atoms with Crippen LogP contribution in [0.25, 0.3) is 0 Å². The number of hydrogen-bond donors (Lipinski definition) is 6. The van der Waals surface area contributed by atoms with Gasteiger partial charge in [-0.2, -0.15) is 0 Å². The number of carbonyl (C=O) groups is 1. The van der Waals surface area contributed by atoms with Crippen molar-refractivity contribution in [2.45, 2.75) is 55.1 Å². The number of aliphatic hydroxyl groups excluding tert-OH is 6. The average Bonchev–Trinajstić information content (AvgIpc) is 2.76. The number of ether oxygens (including phenoxy) is 4. The Kier molecular flexibility index (Phi) is 7.74. The molecule has 1 aromatic carbocycles. The molecule has 0 aliphatic carbocycles. The van der Waals surface area contributed by atoms with E-state index >= 15 is 0 Å². The topological polar surface area (TPSA) is 175 Å². The Morgan fingerprint density at radius 3 is 2.27 bits per heavy atom. The molecule has 2 aliphatic heterocycles. The van der Waals surface area contributed by atoms with Crippen molar-refractivity contribution in [3.63, 3.8) is 0 Å². The summed E-state index contributed by atoms with van der Waals surface area (Å²) in [5.74, 6) is -0.668. The smallest absolute Gasteiger partial charge is 0.338 e. The molecule has 2 aliphatic rings. The average molecular weight is 430 g/mol. The molecule has 0 radical (unpaired) electrons. The van der Waals surface area contributed by atoms with Crippen molar-refractivity contribution in [3.05, 3.63) is 35.9 Å². The summed E-state index contributed by atoms with van der Waals surface area (Å²) in [6.07, 6.45) is -12.7. The molecular formula is C19H26O11. The predicted molar refractivity (Wildman–Crippen MR) is 97.1 cm³/mol. The number of rotatable bonds is 6. The first-order chi connectivity index (χ1) is 14.3. The maximum absolute atomic E-state index is 12.1. The van der Waals surface area contributed by atoms with Gasteiger partial charge in [-0.05, 0) is 12.1 Å². The van der Waals surface area contributed by atoms with Crippen molar-refractivity contribution in [1.29, 1.82) is 0 Å². The molecule has 2 heterocycles. The molecule has 1 aromatic rings. The Bertz CT molecular complexity index is 686. The first-order valence-corrected chi connectivity index (χ1v) is 9.49. The summed E-state index contributed by atoms with van der Waals surface area (Å²) in [6.45, 7) is -1.16. The molecule has 11 nitrogen and oxygen atoms in total. The second-order valence-corrected chi connectivity index (χ2v) is 7.19. The minimum absolute atomic E-state index is 0.220. The highest BCUT2D eigenvalue weighted by atomic mass is 16.7. The maximum atomic E-state index is 12.1. The van der Waals surface area contributed by atoms with E-state index in [2.05, 4.69) is 0 Å². The molecule has 2 saturated heterocycles. The number of carbonyl (C=O) groups excluding carboxylic acids is 1. The summed E-state index contributed by atoms with van der Waals surface area (Å²) < 4.78 is 21.2. The third kappa shape index (κ3) is 4.97. The van der Waals surface area contributed by atoms with Gasteiger partial charge >= 0.3 is 5.97 Å². The number of hydrogen-bond acceptors (Lipinski definition) is 11. The molecule has 11 heteroatoms. The van der Waals surface area contributed by atoms with Crippen molar-refractivity contribution in [2.75, 3.05) is 19.8 Å². The molecule has 0 amide bonds. The van der Waals surface area contributed by atoms with Crippen LogP contribution in [0, 0.1) is 0 Å². The van der Waals surface area contributed by atoms with Gasteiger partial charge in [0.1, 0.15) is 55.4 Å². The fraction of sp³-hybridized carbons (Fsp3) is 0.632. The standard InChI is InChI=1S/C19H26O11/c20-6-10-13(21)14(22)11(7-27-10)29-19-17(25)16(24)15(23)12(30-19)8-28-18(26)9-4-2-1-3-5-9/h1-5,10-17,19-25H,6-8H2/t10-,11+,12-,13-,14-,15+,16+,17-,19+/m1/s1. The summed E-state index contributed by atoms with van der Waals surface area (Å²) in [7, 11) is 0. The van der Waals surface area contributed by atoms with Crippen LogP contribution in [0.2, 0.25) is 0 Å². The van der Waals surface area contributed by atoms with Gasteiger partial charge in [-0.1, -0.05) is 18.2 Å².